The summed E-state index contributed by atoms with van der Waals surface area (Å²) in [4.78, 5) is 17.1. The Balaban J connectivity index is 1.98. The number of fused-ring (bicyclic) bond motifs is 1. The first-order valence-electron chi connectivity index (χ1n) is 6.87. The van der Waals surface area contributed by atoms with Crippen molar-refractivity contribution in [2.24, 2.45) is 0 Å². The van der Waals surface area contributed by atoms with E-state index in [1.807, 2.05) is 17.5 Å². The molecule has 1 unspecified atom stereocenters. The lowest BCUT2D eigenvalue weighted by Gasteiger charge is -2.10. The fourth-order valence-electron chi connectivity index (χ4n) is 2.28. The Labute approximate surface area is 143 Å². The molecule has 0 aliphatic heterocycles. The average molecular weight is 374 g/mol. The summed E-state index contributed by atoms with van der Waals surface area (Å²) in [5.74, 6) is -0.627. The first kappa shape index (κ1) is 16.8. The van der Waals surface area contributed by atoms with Gasteiger partial charge in [0.15, 0.2) is 11.3 Å². The van der Waals surface area contributed by atoms with Crippen LogP contribution in [0.2, 0.25) is 5.15 Å². The molecule has 1 N–H and O–H groups in total. The zero-order valence-corrected chi connectivity index (χ0v) is 13.8. The summed E-state index contributed by atoms with van der Waals surface area (Å²) in [7, 11) is 0. The minimum Gasteiger partial charge on any atom is -0.343 e. The largest absolute Gasteiger partial charge is 0.419 e. The Morgan fingerprint density at radius 3 is 2.75 bits per heavy atom. The quantitative estimate of drug-likeness (QED) is 0.731. The van der Waals surface area contributed by atoms with Crippen LogP contribution >= 0.6 is 22.9 Å². The van der Waals surface area contributed by atoms with Crippen LogP contribution in [0, 0.1) is 0 Å². The molecular formula is C15H11ClF3N3OS. The summed E-state index contributed by atoms with van der Waals surface area (Å²) in [6.45, 7) is 1.77. The minimum atomic E-state index is -4.59. The van der Waals surface area contributed by atoms with E-state index >= 15 is 0 Å². The predicted molar refractivity (Wildman–Crippen MR) is 85.4 cm³/mol. The number of hydrogen-bond acceptors (Lipinski definition) is 3. The van der Waals surface area contributed by atoms with Gasteiger partial charge in [-0.1, -0.05) is 17.7 Å². The summed E-state index contributed by atoms with van der Waals surface area (Å²) in [6.07, 6.45) is -3.26. The van der Waals surface area contributed by atoms with E-state index in [4.69, 9.17) is 11.6 Å². The maximum Gasteiger partial charge on any atom is 0.419 e. The van der Waals surface area contributed by atoms with E-state index in [0.29, 0.717) is 0 Å². The molecule has 3 rings (SSSR count). The van der Waals surface area contributed by atoms with E-state index in [1.54, 1.807) is 6.92 Å². The van der Waals surface area contributed by atoms with E-state index in [2.05, 4.69) is 10.3 Å². The summed E-state index contributed by atoms with van der Waals surface area (Å²) >= 11 is 7.52. The minimum absolute atomic E-state index is 0.160. The molecule has 1 atom stereocenters. The topological polar surface area (TPSA) is 46.4 Å². The maximum atomic E-state index is 13.1. The number of carbonyl (C=O) groups is 1. The Kier molecular flexibility index (Phi) is 4.27. The van der Waals surface area contributed by atoms with Gasteiger partial charge in [0.05, 0.1) is 11.6 Å². The number of aromatic nitrogens is 2. The van der Waals surface area contributed by atoms with E-state index in [1.165, 1.54) is 23.6 Å². The molecule has 3 aromatic rings. The van der Waals surface area contributed by atoms with E-state index in [-0.39, 0.29) is 16.9 Å². The van der Waals surface area contributed by atoms with Crippen LogP contribution in [0.4, 0.5) is 13.2 Å². The smallest absolute Gasteiger partial charge is 0.343 e. The number of hydrogen-bond donors (Lipinski definition) is 1. The highest BCUT2D eigenvalue weighted by Crippen LogP contribution is 2.33. The standard InChI is InChI=1S/C15H11ClF3N3OS/c1-8(10-5-3-7-24-10)20-14(23)11-12(16)22-6-2-4-9(13(22)21-11)15(17,18)19/h2-8H,1H3,(H,20,23). The Morgan fingerprint density at radius 2 is 2.12 bits per heavy atom. The number of carbonyl (C=O) groups excluding carboxylic acids is 1. The molecule has 0 saturated carbocycles. The Hall–Kier alpha value is -2.06. The fraction of sp³-hybridized carbons (Fsp3) is 0.200. The van der Waals surface area contributed by atoms with Crippen LogP contribution in [0.15, 0.2) is 35.8 Å². The van der Waals surface area contributed by atoms with Crippen molar-refractivity contribution in [2.75, 3.05) is 0 Å². The van der Waals surface area contributed by atoms with Crippen molar-refractivity contribution in [1.82, 2.24) is 14.7 Å². The van der Waals surface area contributed by atoms with Gasteiger partial charge in [-0.25, -0.2) is 4.98 Å². The molecule has 3 heterocycles. The van der Waals surface area contributed by atoms with Crippen molar-refractivity contribution in [2.45, 2.75) is 19.1 Å². The van der Waals surface area contributed by atoms with Crippen molar-refractivity contribution in [1.29, 1.82) is 0 Å². The highest BCUT2D eigenvalue weighted by molar-refractivity contribution is 7.10. The second-order valence-electron chi connectivity index (χ2n) is 5.08. The molecule has 0 aliphatic carbocycles. The number of pyridine rings is 1. The van der Waals surface area contributed by atoms with Crippen LogP contribution in [0.5, 0.6) is 0 Å². The number of halogens is 4. The highest BCUT2D eigenvalue weighted by atomic mass is 35.5. The van der Waals surface area contributed by atoms with Crippen molar-refractivity contribution >= 4 is 34.5 Å². The van der Waals surface area contributed by atoms with E-state index in [9.17, 15) is 18.0 Å². The molecule has 0 aromatic carbocycles. The molecule has 24 heavy (non-hydrogen) atoms. The first-order valence-corrected chi connectivity index (χ1v) is 8.13. The van der Waals surface area contributed by atoms with Crippen LogP contribution in [-0.2, 0) is 6.18 Å². The van der Waals surface area contributed by atoms with Crippen LogP contribution < -0.4 is 5.32 Å². The van der Waals surface area contributed by atoms with Crippen LogP contribution in [0.25, 0.3) is 5.65 Å². The molecule has 4 nitrogen and oxygen atoms in total. The summed E-state index contributed by atoms with van der Waals surface area (Å²) < 4.78 is 40.2. The number of nitrogens with zero attached hydrogens (tertiary/aromatic N) is 2. The SMILES string of the molecule is CC(NC(=O)c1nc2c(C(F)(F)F)cccn2c1Cl)c1cccs1. The lowest BCUT2D eigenvalue weighted by Crippen LogP contribution is -2.26. The van der Waals surface area contributed by atoms with Gasteiger partial charge in [-0.3, -0.25) is 9.20 Å². The van der Waals surface area contributed by atoms with Gasteiger partial charge in [0, 0.05) is 11.1 Å². The maximum absolute atomic E-state index is 13.1. The molecule has 1 amide bonds. The molecule has 126 valence electrons. The number of thiophene rings is 1. The third kappa shape index (κ3) is 2.99. The van der Waals surface area contributed by atoms with Crippen molar-refractivity contribution < 1.29 is 18.0 Å². The summed E-state index contributed by atoms with van der Waals surface area (Å²) in [6, 6.07) is 5.49. The number of alkyl halides is 3. The second kappa shape index (κ2) is 6.10. The van der Waals surface area contributed by atoms with Crippen LogP contribution in [-0.4, -0.2) is 15.3 Å². The van der Waals surface area contributed by atoms with E-state index in [0.717, 1.165) is 15.3 Å². The lowest BCUT2D eigenvalue weighted by atomic mass is 10.2. The Morgan fingerprint density at radius 1 is 1.38 bits per heavy atom. The van der Waals surface area contributed by atoms with Gasteiger partial charge in [0.2, 0.25) is 0 Å². The van der Waals surface area contributed by atoms with Crippen molar-refractivity contribution in [3.05, 3.63) is 57.1 Å². The second-order valence-corrected chi connectivity index (χ2v) is 6.41. The number of nitrogens with one attached hydrogen (secondary N) is 1. The molecule has 0 radical (unpaired) electrons. The molecular weight excluding hydrogens is 363 g/mol. The van der Waals surface area contributed by atoms with Gasteiger partial charge >= 0.3 is 6.18 Å². The van der Waals surface area contributed by atoms with Gasteiger partial charge in [-0.15, -0.1) is 11.3 Å². The van der Waals surface area contributed by atoms with Crippen molar-refractivity contribution in [3.63, 3.8) is 0 Å². The zero-order chi connectivity index (χ0) is 17.5. The molecule has 9 heteroatoms. The highest BCUT2D eigenvalue weighted by Gasteiger charge is 2.35. The number of imidazole rings is 1. The van der Waals surface area contributed by atoms with Crippen LogP contribution in [0.3, 0.4) is 0 Å². The predicted octanol–water partition coefficient (Wildman–Crippen LogP) is 4.56. The first-order chi connectivity index (χ1) is 11.3. The molecule has 0 saturated heterocycles. The normalized spacial score (nSPS) is 13.2. The summed E-state index contributed by atoms with van der Waals surface area (Å²) in [5, 5.41) is 4.39. The molecule has 0 fully saturated rings. The number of amides is 1. The van der Waals surface area contributed by atoms with Gasteiger partial charge in [-0.05, 0) is 30.5 Å². The average Bonchev–Trinajstić information content (AvgIpc) is 3.14. The van der Waals surface area contributed by atoms with Crippen LogP contribution in [0.1, 0.15) is 33.9 Å². The third-order valence-electron chi connectivity index (χ3n) is 3.43. The zero-order valence-electron chi connectivity index (χ0n) is 12.3. The Bertz CT molecular complexity index is 889. The third-order valence-corrected chi connectivity index (χ3v) is 4.85. The lowest BCUT2D eigenvalue weighted by molar-refractivity contribution is -0.136. The summed E-state index contributed by atoms with van der Waals surface area (Å²) in [5.41, 5.74) is -1.59. The van der Waals surface area contributed by atoms with Crippen molar-refractivity contribution in [3.8, 4) is 0 Å². The molecule has 0 spiro atoms. The van der Waals surface area contributed by atoms with Gasteiger partial charge < -0.3 is 5.32 Å². The van der Waals surface area contributed by atoms with Gasteiger partial charge in [0.1, 0.15) is 5.15 Å². The van der Waals surface area contributed by atoms with Gasteiger partial charge in [-0.2, -0.15) is 13.2 Å². The monoisotopic (exact) mass is 373 g/mol. The van der Waals surface area contributed by atoms with Gasteiger partial charge in [0.25, 0.3) is 5.91 Å². The number of rotatable bonds is 3. The fourth-order valence-corrected chi connectivity index (χ4v) is 3.28. The molecule has 0 bridgehead atoms. The molecule has 0 aliphatic rings. The van der Waals surface area contributed by atoms with E-state index < -0.39 is 23.3 Å². The molecule has 3 aromatic heterocycles.